The summed E-state index contributed by atoms with van der Waals surface area (Å²) < 4.78 is 14.9. The van der Waals surface area contributed by atoms with E-state index in [1.54, 1.807) is 32.9 Å². The molecule has 44 heavy (non-hydrogen) atoms. The van der Waals surface area contributed by atoms with Gasteiger partial charge in [-0.05, 0) is 51.9 Å². The molecule has 3 N–H and O–H groups in total. The van der Waals surface area contributed by atoms with Crippen LogP contribution < -0.4 is 5.32 Å². The fourth-order valence-electron chi connectivity index (χ4n) is 6.18. The molecular weight excluding hydrogens is 596 g/mol. The van der Waals surface area contributed by atoms with E-state index in [9.17, 15) is 34.2 Å². The number of esters is 2. The number of carbonyl (C=O) groups is 5. The van der Waals surface area contributed by atoms with Crippen molar-refractivity contribution in [3.05, 3.63) is 25.3 Å². The molecule has 13 heteroatoms. The molecule has 0 bridgehead atoms. The zero-order valence-corrected chi connectivity index (χ0v) is 27.0. The highest BCUT2D eigenvalue weighted by atomic mass is 35.5. The van der Waals surface area contributed by atoms with E-state index in [4.69, 9.17) is 14.2 Å². The monoisotopic (exact) mass is 642 g/mol. The summed E-state index contributed by atoms with van der Waals surface area (Å²) in [7, 11) is 2.63. The minimum atomic E-state index is -0.888. The van der Waals surface area contributed by atoms with Crippen molar-refractivity contribution in [2.75, 3.05) is 27.3 Å². The van der Waals surface area contributed by atoms with Crippen LogP contribution in [-0.4, -0.2) is 102 Å². The first-order chi connectivity index (χ1) is 20.1. The summed E-state index contributed by atoms with van der Waals surface area (Å²) in [6.07, 6.45) is 3.32. The van der Waals surface area contributed by atoms with E-state index in [-0.39, 0.29) is 73.6 Å². The van der Waals surface area contributed by atoms with Crippen molar-refractivity contribution < 1.29 is 48.4 Å². The summed E-state index contributed by atoms with van der Waals surface area (Å²) in [4.78, 5) is 62.4. The number of allylic oxidation sites excluding steroid dienone is 2. The molecule has 12 nitrogen and oxygen atoms in total. The largest absolute Gasteiger partial charge is 0.469 e. The van der Waals surface area contributed by atoms with Crippen LogP contribution in [0.1, 0.15) is 59.3 Å². The minimum absolute atomic E-state index is 0. The van der Waals surface area contributed by atoms with Gasteiger partial charge < -0.3 is 29.7 Å². The Bertz CT molecular complexity index is 1140. The lowest BCUT2D eigenvalue weighted by Crippen LogP contribution is -2.44. The van der Waals surface area contributed by atoms with Crippen LogP contribution in [0, 0.1) is 22.7 Å². The van der Waals surface area contributed by atoms with Gasteiger partial charge in [0.2, 0.25) is 0 Å². The highest BCUT2D eigenvalue weighted by Gasteiger charge is 2.62. The number of ether oxygens (including phenoxy) is 3. The average molecular weight is 643 g/mol. The molecule has 0 radical (unpaired) electrons. The summed E-state index contributed by atoms with van der Waals surface area (Å²) in [5.41, 5.74) is -2.29. The van der Waals surface area contributed by atoms with Crippen molar-refractivity contribution in [3.8, 4) is 0 Å². The number of hydrogen-bond acceptors (Lipinski definition) is 11. The van der Waals surface area contributed by atoms with Gasteiger partial charge in [-0.1, -0.05) is 12.2 Å². The Hall–Kier alpha value is -2.80. The van der Waals surface area contributed by atoms with Gasteiger partial charge in [-0.25, -0.2) is 4.79 Å². The summed E-state index contributed by atoms with van der Waals surface area (Å²) in [6, 6.07) is -1.13. The molecule has 1 amide bonds. The van der Waals surface area contributed by atoms with Crippen LogP contribution in [0.15, 0.2) is 25.3 Å². The van der Waals surface area contributed by atoms with Crippen molar-refractivity contribution in [1.82, 2.24) is 10.2 Å². The molecule has 0 spiro atoms. The lowest BCUT2D eigenvalue weighted by Gasteiger charge is -2.28. The summed E-state index contributed by atoms with van der Waals surface area (Å²) in [6.45, 7) is 13.1. The number of Topliss-reactive ketones (excluding diaryl/α,β-unsaturated/α-hetero) is 2. The number of carbonyl (C=O) groups excluding carboxylic acids is 5. The quantitative estimate of drug-likeness (QED) is 0.181. The van der Waals surface area contributed by atoms with Crippen LogP contribution >= 0.6 is 12.4 Å². The molecule has 2 aliphatic heterocycles. The van der Waals surface area contributed by atoms with Crippen LogP contribution in [-0.2, 0) is 33.4 Å². The van der Waals surface area contributed by atoms with Crippen molar-refractivity contribution >= 4 is 42.0 Å². The second-order valence-electron chi connectivity index (χ2n) is 13.1. The number of halogens is 1. The number of amides is 1. The summed E-state index contributed by atoms with van der Waals surface area (Å²) >= 11 is 0. The van der Waals surface area contributed by atoms with Crippen molar-refractivity contribution in [1.29, 1.82) is 0 Å². The number of methoxy groups -OCH3 is 2. The third-order valence-corrected chi connectivity index (χ3v) is 8.77. The van der Waals surface area contributed by atoms with Crippen LogP contribution in [0.2, 0.25) is 0 Å². The molecule has 248 valence electrons. The first-order valence-corrected chi connectivity index (χ1v) is 14.6. The molecule has 4 rings (SSSR count). The highest BCUT2D eigenvalue weighted by molar-refractivity contribution is 5.94. The molecule has 0 aromatic heterocycles. The van der Waals surface area contributed by atoms with E-state index in [0.29, 0.717) is 25.8 Å². The third kappa shape index (κ3) is 8.26. The molecule has 2 heterocycles. The maximum atomic E-state index is 12.8. The number of hydrogen-bond donors (Lipinski definition) is 3. The molecule has 0 aromatic carbocycles. The average Bonchev–Trinajstić information content (AvgIpc) is 3.72. The lowest BCUT2D eigenvalue weighted by atomic mass is 9.92. The Labute approximate surface area is 264 Å². The number of nitrogens with one attached hydrogen (secondary N) is 1. The van der Waals surface area contributed by atoms with E-state index in [2.05, 4.69) is 18.5 Å². The third-order valence-electron chi connectivity index (χ3n) is 8.77. The topological polar surface area (TPSA) is 169 Å². The Morgan fingerprint density at radius 1 is 0.886 bits per heavy atom. The SMILES string of the molecule is C=C[C@@H]1CC1(CC(=O)[C@@H]1C[C@@H](O)CN1)C(=O)OC.C=C[C@@H]1CC1(CC(=O)[C@@H]1C[C@@H](O)CN1C(=O)OC(C)(C)C)C(=O)OC.Cl. The number of aliphatic hydroxyl groups is 2. The standard InChI is InChI=1S/C18H27NO6.C13H19NO4.ClH/c1-6-11-8-18(11,15(22)24-5)9-14(21)13-7-12(20)10-19(13)16(23)25-17(2,3)4;1-3-8-5-13(8,12(17)18-2)6-11(16)10-4-9(15)7-14-10;/h6,11-13,20H,1,7-10H2,2-5H3;3,8-10,14-15H,1,4-7H2,2H3;1H/t11-,12-,13+,18?;8-,9-,10+,13?;/m11./s1. The first kappa shape index (κ1) is 37.4. The van der Waals surface area contributed by atoms with E-state index in [1.165, 1.54) is 19.1 Å². The minimum Gasteiger partial charge on any atom is -0.469 e. The molecule has 4 aliphatic rings. The molecule has 4 fully saturated rings. The second kappa shape index (κ2) is 14.5. The lowest BCUT2D eigenvalue weighted by molar-refractivity contribution is -0.150. The summed E-state index contributed by atoms with van der Waals surface area (Å²) in [5.74, 6) is -1.14. The number of β-amino-alcohol motifs (C(OH)–C–C–N with tert-alkyl or cyclic N) is 2. The number of aliphatic hydroxyl groups excluding tert-OH is 2. The first-order valence-electron chi connectivity index (χ1n) is 14.6. The Kier molecular flexibility index (Phi) is 12.3. The Morgan fingerprint density at radius 2 is 1.39 bits per heavy atom. The molecule has 2 saturated carbocycles. The normalized spacial score (nSPS) is 33.5. The fourth-order valence-corrected chi connectivity index (χ4v) is 6.18. The molecule has 2 unspecified atom stereocenters. The zero-order chi connectivity index (χ0) is 32.3. The van der Waals surface area contributed by atoms with Crippen LogP contribution in [0.3, 0.4) is 0 Å². The van der Waals surface area contributed by atoms with Crippen LogP contribution in [0.5, 0.6) is 0 Å². The Morgan fingerprint density at radius 3 is 1.77 bits per heavy atom. The predicted molar refractivity (Wildman–Crippen MR) is 162 cm³/mol. The van der Waals surface area contributed by atoms with E-state index < -0.39 is 46.7 Å². The Balaban J connectivity index is 0.000000315. The zero-order valence-electron chi connectivity index (χ0n) is 26.2. The molecule has 0 aromatic rings. The van der Waals surface area contributed by atoms with E-state index in [0.717, 1.165) is 0 Å². The smallest absolute Gasteiger partial charge is 0.410 e. The summed E-state index contributed by atoms with van der Waals surface area (Å²) in [5, 5.41) is 22.3. The van der Waals surface area contributed by atoms with E-state index in [1.807, 2.05) is 0 Å². The van der Waals surface area contributed by atoms with Crippen molar-refractivity contribution in [2.45, 2.75) is 89.2 Å². The maximum absolute atomic E-state index is 12.8. The van der Waals surface area contributed by atoms with Gasteiger partial charge >= 0.3 is 18.0 Å². The molecule has 8 atom stereocenters. The molecule has 2 saturated heterocycles. The van der Waals surface area contributed by atoms with Crippen LogP contribution in [0.4, 0.5) is 4.79 Å². The van der Waals surface area contributed by atoms with Gasteiger partial charge in [0.05, 0.1) is 55.9 Å². The number of ketones is 2. The number of nitrogens with zero attached hydrogens (tertiary/aromatic N) is 1. The van der Waals surface area contributed by atoms with Gasteiger partial charge in [0.25, 0.3) is 0 Å². The highest BCUT2D eigenvalue weighted by Crippen LogP contribution is 2.58. The number of rotatable bonds is 10. The van der Waals surface area contributed by atoms with Gasteiger partial charge in [0, 0.05) is 25.8 Å². The van der Waals surface area contributed by atoms with Gasteiger partial charge in [-0.15, -0.1) is 25.6 Å². The molecule has 2 aliphatic carbocycles. The van der Waals surface area contributed by atoms with Gasteiger partial charge in [0.15, 0.2) is 11.6 Å². The number of likely N-dealkylation sites (tertiary alicyclic amines) is 1. The van der Waals surface area contributed by atoms with Gasteiger partial charge in [0.1, 0.15) is 5.60 Å². The fraction of sp³-hybridized carbons (Fsp3) is 0.710. The van der Waals surface area contributed by atoms with Crippen LogP contribution in [0.25, 0.3) is 0 Å². The van der Waals surface area contributed by atoms with Gasteiger partial charge in [-0.3, -0.25) is 24.1 Å². The van der Waals surface area contributed by atoms with E-state index >= 15 is 0 Å². The second-order valence-corrected chi connectivity index (χ2v) is 13.1. The van der Waals surface area contributed by atoms with Crippen molar-refractivity contribution in [3.63, 3.8) is 0 Å². The van der Waals surface area contributed by atoms with Crippen molar-refractivity contribution in [2.24, 2.45) is 22.7 Å². The van der Waals surface area contributed by atoms with Gasteiger partial charge in [-0.2, -0.15) is 0 Å². The molecular formula is C31H47ClN2O10. The predicted octanol–water partition coefficient (Wildman–Crippen LogP) is 2.14. The maximum Gasteiger partial charge on any atom is 0.410 e.